The fraction of sp³-hybridized carbons (Fsp3) is 0.200. The number of nitrogens with zero attached hydrogens (tertiary/aromatic N) is 3. The first-order valence-corrected chi connectivity index (χ1v) is 12.0. The molecule has 0 aliphatic carbocycles. The Morgan fingerprint density at radius 1 is 0.906 bits per heavy atom. The quantitative estimate of drug-likeness (QED) is 0.353. The normalized spacial score (nSPS) is 15.7. The minimum atomic E-state index is -0.836. The van der Waals surface area contributed by atoms with Gasteiger partial charge in [0.25, 0.3) is 0 Å². The summed E-state index contributed by atoms with van der Waals surface area (Å²) in [5, 5.41) is 15.6. The van der Waals surface area contributed by atoms with Crippen LogP contribution < -0.4 is 4.90 Å². The van der Waals surface area contributed by atoms with Gasteiger partial charge in [0.05, 0.1) is 22.5 Å². The number of anilines is 1. The first-order valence-electron chi connectivity index (χ1n) is 10.4. The number of halogens is 2. The summed E-state index contributed by atoms with van der Waals surface area (Å²) in [6, 6.07) is 17.3. The maximum absolute atomic E-state index is 11.2. The van der Waals surface area contributed by atoms with Gasteiger partial charge in [-0.25, -0.2) is 4.98 Å². The molecular weight excluding hydrogens is 461 g/mol. The van der Waals surface area contributed by atoms with E-state index in [1.54, 1.807) is 11.3 Å². The van der Waals surface area contributed by atoms with Crippen molar-refractivity contribution in [3.05, 3.63) is 88.0 Å². The van der Waals surface area contributed by atoms with Gasteiger partial charge in [-0.1, -0.05) is 47.5 Å². The lowest BCUT2D eigenvalue weighted by atomic mass is 9.84. The van der Waals surface area contributed by atoms with Crippen LogP contribution in [0.1, 0.15) is 18.4 Å². The summed E-state index contributed by atoms with van der Waals surface area (Å²) < 4.78 is 0. The molecular formula is C25H21Cl2N3OS. The van der Waals surface area contributed by atoms with Crippen molar-refractivity contribution in [1.29, 1.82) is 0 Å². The molecule has 3 heterocycles. The molecule has 1 N–H and O–H groups in total. The Hall–Kier alpha value is -2.44. The van der Waals surface area contributed by atoms with Gasteiger partial charge >= 0.3 is 0 Å². The number of hydrogen-bond acceptors (Lipinski definition) is 5. The Bertz CT molecular complexity index is 1220. The molecule has 0 amide bonds. The molecule has 7 heteroatoms. The van der Waals surface area contributed by atoms with Crippen LogP contribution in [0.2, 0.25) is 10.0 Å². The van der Waals surface area contributed by atoms with E-state index in [9.17, 15) is 5.11 Å². The molecule has 0 saturated carbocycles. The summed E-state index contributed by atoms with van der Waals surface area (Å²) in [5.41, 5.74) is 4.14. The summed E-state index contributed by atoms with van der Waals surface area (Å²) in [7, 11) is 0. The van der Waals surface area contributed by atoms with Crippen LogP contribution in [0.3, 0.4) is 0 Å². The average molecular weight is 482 g/mol. The van der Waals surface area contributed by atoms with E-state index < -0.39 is 5.60 Å². The van der Waals surface area contributed by atoms with Crippen LogP contribution in [-0.4, -0.2) is 28.2 Å². The zero-order valence-corrected chi connectivity index (χ0v) is 19.5. The molecule has 1 fully saturated rings. The van der Waals surface area contributed by atoms with E-state index in [0.717, 1.165) is 46.2 Å². The Morgan fingerprint density at radius 3 is 2.25 bits per heavy atom. The lowest BCUT2D eigenvalue weighted by Gasteiger charge is -2.40. The fourth-order valence-electron chi connectivity index (χ4n) is 4.14. The van der Waals surface area contributed by atoms with Crippen LogP contribution in [0.5, 0.6) is 0 Å². The first-order chi connectivity index (χ1) is 15.5. The van der Waals surface area contributed by atoms with Crippen LogP contribution in [0, 0.1) is 0 Å². The largest absolute Gasteiger partial charge is 0.385 e. The first kappa shape index (κ1) is 21.4. The van der Waals surface area contributed by atoms with E-state index in [2.05, 4.69) is 15.3 Å². The van der Waals surface area contributed by atoms with Gasteiger partial charge in [0.2, 0.25) is 0 Å². The minimum absolute atomic E-state index is 0.643. The predicted molar refractivity (Wildman–Crippen MR) is 133 cm³/mol. The monoisotopic (exact) mass is 481 g/mol. The number of thiazole rings is 1. The number of benzene rings is 2. The van der Waals surface area contributed by atoms with E-state index >= 15 is 0 Å². The maximum atomic E-state index is 11.2. The van der Waals surface area contributed by atoms with Gasteiger partial charge in [-0.3, -0.25) is 4.98 Å². The van der Waals surface area contributed by atoms with Crippen molar-refractivity contribution in [2.24, 2.45) is 0 Å². The number of pyridine rings is 1. The van der Waals surface area contributed by atoms with E-state index in [1.165, 1.54) is 0 Å². The number of hydrogen-bond donors (Lipinski definition) is 1. The second-order valence-corrected chi connectivity index (χ2v) is 9.69. The minimum Gasteiger partial charge on any atom is -0.385 e. The summed E-state index contributed by atoms with van der Waals surface area (Å²) in [6.45, 7) is 1.48. The van der Waals surface area contributed by atoms with Crippen molar-refractivity contribution in [2.45, 2.75) is 18.4 Å². The molecule has 1 aliphatic rings. The third-order valence-corrected chi connectivity index (χ3v) is 7.37. The molecule has 0 spiro atoms. The number of rotatable bonds is 4. The van der Waals surface area contributed by atoms with E-state index in [4.69, 9.17) is 28.2 Å². The number of aromatic nitrogens is 2. The predicted octanol–water partition coefficient (Wildman–Crippen LogP) is 6.67. The van der Waals surface area contributed by atoms with Gasteiger partial charge in [0, 0.05) is 46.5 Å². The van der Waals surface area contributed by atoms with Gasteiger partial charge < -0.3 is 10.0 Å². The maximum Gasteiger partial charge on any atom is 0.127 e. The highest BCUT2D eigenvalue weighted by Crippen LogP contribution is 2.39. The molecule has 4 nitrogen and oxygen atoms in total. The van der Waals surface area contributed by atoms with Gasteiger partial charge in [-0.05, 0) is 48.7 Å². The van der Waals surface area contributed by atoms with Crippen LogP contribution in [0.15, 0.2) is 72.4 Å². The lowest BCUT2D eigenvalue weighted by molar-refractivity contribution is 0.0118. The third-order valence-electron chi connectivity index (χ3n) is 5.99. The molecule has 2 aromatic carbocycles. The molecule has 1 aliphatic heterocycles. The highest BCUT2D eigenvalue weighted by atomic mass is 35.5. The van der Waals surface area contributed by atoms with Crippen molar-refractivity contribution in [2.75, 3.05) is 18.0 Å². The Kier molecular flexibility index (Phi) is 5.91. The third kappa shape index (κ3) is 4.26. The molecule has 4 aromatic rings. The molecule has 5 rings (SSSR count). The van der Waals surface area contributed by atoms with Crippen molar-refractivity contribution in [3.8, 4) is 21.8 Å². The summed E-state index contributed by atoms with van der Waals surface area (Å²) in [6.07, 6.45) is 4.97. The topological polar surface area (TPSA) is 49.2 Å². The molecule has 162 valence electrons. The van der Waals surface area contributed by atoms with Crippen LogP contribution >= 0.6 is 34.5 Å². The van der Waals surface area contributed by atoms with E-state index in [0.29, 0.717) is 22.9 Å². The smallest absolute Gasteiger partial charge is 0.127 e. The highest BCUT2D eigenvalue weighted by molar-refractivity contribution is 7.13. The van der Waals surface area contributed by atoms with E-state index in [-0.39, 0.29) is 0 Å². The standard InChI is InChI=1S/C25H21Cl2N3OS/c26-19-5-1-17(2-6-19)22-16-32-24(29-22)21-15-28-12-9-23(21)30-13-10-25(31,11-14-30)18-3-7-20(27)8-4-18/h1-9,12,15-16,31H,10-11,13-14H2. The molecule has 0 bridgehead atoms. The van der Waals surface area contributed by atoms with Crippen molar-refractivity contribution < 1.29 is 5.11 Å². The molecule has 0 atom stereocenters. The van der Waals surface area contributed by atoms with Crippen LogP contribution in [0.25, 0.3) is 21.8 Å². The summed E-state index contributed by atoms with van der Waals surface area (Å²) in [5.74, 6) is 0. The fourth-order valence-corrected chi connectivity index (χ4v) is 5.24. The van der Waals surface area contributed by atoms with Gasteiger partial charge in [-0.2, -0.15) is 0 Å². The van der Waals surface area contributed by atoms with Crippen LogP contribution in [0.4, 0.5) is 5.69 Å². The number of piperidine rings is 1. The molecule has 2 aromatic heterocycles. The van der Waals surface area contributed by atoms with Crippen LogP contribution in [-0.2, 0) is 5.60 Å². The molecule has 0 unspecified atom stereocenters. The van der Waals surface area contributed by atoms with Gasteiger partial charge in [0.15, 0.2) is 0 Å². The van der Waals surface area contributed by atoms with E-state index in [1.807, 2.05) is 67.0 Å². The van der Waals surface area contributed by atoms with Crippen molar-refractivity contribution >= 4 is 40.2 Å². The Balaban J connectivity index is 1.38. The second kappa shape index (κ2) is 8.83. The lowest BCUT2D eigenvalue weighted by Crippen LogP contribution is -2.42. The van der Waals surface area contributed by atoms with Crippen molar-refractivity contribution in [1.82, 2.24) is 9.97 Å². The Morgan fingerprint density at radius 2 is 1.56 bits per heavy atom. The van der Waals surface area contributed by atoms with Gasteiger partial charge in [0.1, 0.15) is 5.01 Å². The number of aliphatic hydroxyl groups is 1. The summed E-state index contributed by atoms with van der Waals surface area (Å²) >= 11 is 13.6. The molecule has 1 saturated heterocycles. The zero-order valence-electron chi connectivity index (χ0n) is 17.2. The van der Waals surface area contributed by atoms with Crippen molar-refractivity contribution in [3.63, 3.8) is 0 Å². The molecule has 32 heavy (non-hydrogen) atoms. The average Bonchev–Trinajstić information content (AvgIpc) is 3.31. The molecule has 0 radical (unpaired) electrons. The Labute approximate surface area is 201 Å². The van der Waals surface area contributed by atoms with Gasteiger partial charge in [-0.15, -0.1) is 11.3 Å². The summed E-state index contributed by atoms with van der Waals surface area (Å²) in [4.78, 5) is 11.5. The second-order valence-electron chi connectivity index (χ2n) is 7.96. The highest BCUT2D eigenvalue weighted by Gasteiger charge is 2.34. The SMILES string of the molecule is OC1(c2ccc(Cl)cc2)CCN(c2ccncc2-c2nc(-c3ccc(Cl)cc3)cs2)CC1. The zero-order chi connectivity index (χ0) is 22.1.